The smallest absolute Gasteiger partial charge is 0.253 e. The monoisotopic (exact) mass is 321 g/mol. The average Bonchev–Trinajstić information content (AvgIpc) is 2.75. The number of carbonyl (C=O) groups excluding carboxylic acids is 1. The molecule has 2 N–H and O–H groups in total. The van der Waals surface area contributed by atoms with Gasteiger partial charge < -0.3 is 10.4 Å². The van der Waals surface area contributed by atoms with E-state index in [1.165, 1.54) is 6.07 Å². The van der Waals surface area contributed by atoms with E-state index in [0.29, 0.717) is 22.0 Å². The Morgan fingerprint density at radius 1 is 1.19 bits per heavy atom. The molecule has 1 amide bonds. The summed E-state index contributed by atoms with van der Waals surface area (Å²) in [5, 5.41) is 13.8. The summed E-state index contributed by atoms with van der Waals surface area (Å²) in [5.74, 6) is -0.322. The number of hydrogen-bond acceptors (Lipinski definition) is 2. The molecule has 108 valence electrons. The van der Waals surface area contributed by atoms with Crippen molar-refractivity contribution in [1.82, 2.24) is 5.32 Å². The molecule has 21 heavy (non-hydrogen) atoms. The van der Waals surface area contributed by atoms with Crippen molar-refractivity contribution < 1.29 is 9.90 Å². The summed E-state index contributed by atoms with van der Waals surface area (Å²) in [6, 6.07) is 12.0. The van der Waals surface area contributed by atoms with Gasteiger partial charge in [-0.15, -0.1) is 0 Å². The highest BCUT2D eigenvalue weighted by molar-refractivity contribution is 6.36. The molecule has 0 fully saturated rings. The molecule has 3 nitrogen and oxygen atoms in total. The lowest BCUT2D eigenvalue weighted by Gasteiger charge is -2.18. The highest BCUT2D eigenvalue weighted by Crippen LogP contribution is 2.32. The minimum atomic E-state index is -0.627. The lowest BCUT2D eigenvalue weighted by Crippen LogP contribution is -2.34. The quantitative estimate of drug-likeness (QED) is 0.890. The molecule has 1 aliphatic rings. The Morgan fingerprint density at radius 2 is 1.95 bits per heavy atom. The topological polar surface area (TPSA) is 49.3 Å². The largest absolute Gasteiger partial charge is 0.390 e. The van der Waals surface area contributed by atoms with Gasteiger partial charge in [0.2, 0.25) is 0 Å². The van der Waals surface area contributed by atoms with E-state index < -0.39 is 12.1 Å². The van der Waals surface area contributed by atoms with Crippen molar-refractivity contribution in [2.24, 2.45) is 0 Å². The standard InChI is InChI=1S/C16H13Cl2NO2/c17-10-5-6-12(13(18)8-10)16(21)19-15-11-4-2-1-3-9(11)7-14(15)20/h1-6,8,14-15,20H,7H2,(H,19,21)/t14-,15+/m1/s1. The van der Waals surface area contributed by atoms with Crippen molar-refractivity contribution in [1.29, 1.82) is 0 Å². The number of amides is 1. The van der Waals surface area contributed by atoms with Gasteiger partial charge in [-0.25, -0.2) is 0 Å². The zero-order chi connectivity index (χ0) is 15.0. The average molecular weight is 322 g/mol. The predicted molar refractivity (Wildman–Crippen MR) is 82.8 cm³/mol. The maximum absolute atomic E-state index is 12.3. The molecule has 0 saturated heterocycles. The first-order chi connectivity index (χ1) is 10.1. The third-order valence-electron chi connectivity index (χ3n) is 3.67. The highest BCUT2D eigenvalue weighted by atomic mass is 35.5. The lowest BCUT2D eigenvalue weighted by atomic mass is 10.1. The van der Waals surface area contributed by atoms with Crippen LogP contribution in [0.3, 0.4) is 0 Å². The van der Waals surface area contributed by atoms with Crippen molar-refractivity contribution in [3.63, 3.8) is 0 Å². The zero-order valence-corrected chi connectivity index (χ0v) is 12.5. The number of nitrogens with one attached hydrogen (secondary N) is 1. The Labute approximate surface area is 132 Å². The third kappa shape index (κ3) is 2.77. The second kappa shape index (κ2) is 5.68. The first-order valence-corrected chi connectivity index (χ1v) is 7.33. The molecular formula is C16H13Cl2NO2. The molecule has 2 aromatic rings. The fraction of sp³-hybridized carbons (Fsp3) is 0.188. The summed E-state index contributed by atoms with van der Waals surface area (Å²) in [5.41, 5.74) is 2.35. The van der Waals surface area contributed by atoms with Crippen molar-refractivity contribution in [3.8, 4) is 0 Å². The van der Waals surface area contributed by atoms with Gasteiger partial charge in [0, 0.05) is 11.4 Å². The molecule has 0 aromatic heterocycles. The van der Waals surface area contributed by atoms with Crippen LogP contribution in [-0.2, 0) is 6.42 Å². The van der Waals surface area contributed by atoms with Crippen molar-refractivity contribution >= 4 is 29.1 Å². The molecule has 1 aliphatic carbocycles. The molecule has 0 bridgehead atoms. The van der Waals surface area contributed by atoms with Crippen LogP contribution in [0, 0.1) is 0 Å². The van der Waals surface area contributed by atoms with E-state index in [1.54, 1.807) is 12.1 Å². The summed E-state index contributed by atoms with van der Waals surface area (Å²) in [4.78, 5) is 12.3. The van der Waals surface area contributed by atoms with Gasteiger partial charge in [0.05, 0.1) is 22.7 Å². The second-order valence-corrected chi connectivity index (χ2v) is 5.89. The number of halogens is 2. The Balaban J connectivity index is 1.85. The van der Waals surface area contributed by atoms with Gasteiger partial charge in [-0.05, 0) is 29.3 Å². The van der Waals surface area contributed by atoms with E-state index in [-0.39, 0.29) is 5.91 Å². The van der Waals surface area contributed by atoms with Crippen LogP contribution in [0.1, 0.15) is 27.5 Å². The summed E-state index contributed by atoms with van der Waals surface area (Å²) in [7, 11) is 0. The van der Waals surface area contributed by atoms with Gasteiger partial charge in [0.1, 0.15) is 0 Å². The van der Waals surface area contributed by atoms with Crippen molar-refractivity contribution in [3.05, 3.63) is 69.2 Å². The molecular weight excluding hydrogens is 309 g/mol. The van der Waals surface area contributed by atoms with Gasteiger partial charge in [0.25, 0.3) is 5.91 Å². The molecule has 0 saturated carbocycles. The van der Waals surface area contributed by atoms with E-state index in [0.717, 1.165) is 11.1 Å². The van der Waals surface area contributed by atoms with E-state index in [1.807, 2.05) is 24.3 Å². The Kier molecular flexibility index (Phi) is 3.89. The van der Waals surface area contributed by atoms with Gasteiger partial charge in [-0.1, -0.05) is 47.5 Å². The first-order valence-electron chi connectivity index (χ1n) is 6.58. The molecule has 2 atom stereocenters. The van der Waals surface area contributed by atoms with Crippen LogP contribution in [0.25, 0.3) is 0 Å². The zero-order valence-electron chi connectivity index (χ0n) is 11.0. The van der Waals surface area contributed by atoms with Gasteiger partial charge in [-0.3, -0.25) is 4.79 Å². The van der Waals surface area contributed by atoms with Crippen LogP contribution in [0.2, 0.25) is 10.0 Å². The molecule has 5 heteroatoms. The summed E-state index contributed by atoms with van der Waals surface area (Å²) in [6.07, 6.45) is -0.0902. The predicted octanol–water partition coefficient (Wildman–Crippen LogP) is 3.38. The molecule has 0 aliphatic heterocycles. The van der Waals surface area contributed by atoms with Gasteiger partial charge >= 0.3 is 0 Å². The normalized spacial score (nSPS) is 20.1. The third-order valence-corrected chi connectivity index (χ3v) is 4.21. The SMILES string of the molecule is O=C(N[C@H]1c2ccccc2C[C@H]1O)c1ccc(Cl)cc1Cl. The number of rotatable bonds is 2. The molecule has 0 heterocycles. The first kappa shape index (κ1) is 14.4. The van der Waals surface area contributed by atoms with E-state index in [2.05, 4.69) is 5.32 Å². The Hall–Kier alpha value is -1.55. The minimum absolute atomic E-state index is 0.292. The number of fused-ring (bicyclic) bond motifs is 1. The maximum atomic E-state index is 12.3. The molecule has 0 unspecified atom stereocenters. The van der Waals surface area contributed by atoms with Crippen LogP contribution in [0.5, 0.6) is 0 Å². The number of hydrogen-bond donors (Lipinski definition) is 2. The van der Waals surface area contributed by atoms with Gasteiger partial charge in [0.15, 0.2) is 0 Å². The van der Waals surface area contributed by atoms with Crippen molar-refractivity contribution in [2.45, 2.75) is 18.6 Å². The fourth-order valence-electron chi connectivity index (χ4n) is 2.64. The van der Waals surface area contributed by atoms with Crippen LogP contribution in [0.15, 0.2) is 42.5 Å². The van der Waals surface area contributed by atoms with E-state index in [9.17, 15) is 9.90 Å². The van der Waals surface area contributed by atoms with Crippen LogP contribution in [-0.4, -0.2) is 17.1 Å². The highest BCUT2D eigenvalue weighted by Gasteiger charge is 2.32. The van der Waals surface area contributed by atoms with E-state index in [4.69, 9.17) is 23.2 Å². The Bertz CT molecular complexity index is 702. The number of carbonyl (C=O) groups is 1. The van der Waals surface area contributed by atoms with E-state index >= 15 is 0 Å². The molecule has 3 rings (SSSR count). The summed E-state index contributed by atoms with van der Waals surface area (Å²) in [6.45, 7) is 0. The number of aliphatic hydroxyl groups excluding tert-OH is 1. The number of aliphatic hydroxyl groups is 1. The van der Waals surface area contributed by atoms with Crippen LogP contribution >= 0.6 is 23.2 Å². The van der Waals surface area contributed by atoms with Crippen LogP contribution < -0.4 is 5.32 Å². The second-order valence-electron chi connectivity index (χ2n) is 5.05. The fourth-order valence-corrected chi connectivity index (χ4v) is 3.13. The molecule has 2 aromatic carbocycles. The lowest BCUT2D eigenvalue weighted by molar-refractivity contribution is 0.0858. The molecule has 0 spiro atoms. The van der Waals surface area contributed by atoms with Crippen molar-refractivity contribution in [2.75, 3.05) is 0 Å². The van der Waals surface area contributed by atoms with Gasteiger partial charge in [-0.2, -0.15) is 0 Å². The van der Waals surface area contributed by atoms with Crippen LogP contribution in [0.4, 0.5) is 0 Å². The maximum Gasteiger partial charge on any atom is 0.253 e. The molecule has 0 radical (unpaired) electrons. The summed E-state index contributed by atoms with van der Waals surface area (Å²) < 4.78 is 0. The Morgan fingerprint density at radius 3 is 2.71 bits per heavy atom. The minimum Gasteiger partial charge on any atom is -0.390 e. The summed E-state index contributed by atoms with van der Waals surface area (Å²) >= 11 is 11.9. The number of benzene rings is 2.